The Morgan fingerprint density at radius 2 is 2.16 bits per heavy atom. The molecule has 1 aliphatic rings. The van der Waals surface area contributed by atoms with Crippen LogP contribution in [-0.4, -0.2) is 20.4 Å². The number of rotatable bonds is 3. The van der Waals surface area contributed by atoms with Crippen LogP contribution in [0.3, 0.4) is 0 Å². The maximum atomic E-state index is 4.53. The van der Waals surface area contributed by atoms with Crippen molar-refractivity contribution in [3.8, 4) is 0 Å². The van der Waals surface area contributed by atoms with E-state index in [0.717, 1.165) is 22.0 Å². The van der Waals surface area contributed by atoms with Crippen molar-refractivity contribution in [3.05, 3.63) is 23.2 Å². The standard InChI is InChI=1S/C14H19BrN4/c1-10(11-5-3-2-4-6-11)17-13-14-16-7-8-19(14)9-12(15)18-13/h7-11H,2-6H2,1H3,(H,17,18). The van der Waals surface area contributed by atoms with Gasteiger partial charge in [0.25, 0.3) is 0 Å². The first kappa shape index (κ1) is 12.9. The lowest BCUT2D eigenvalue weighted by Crippen LogP contribution is -2.28. The summed E-state index contributed by atoms with van der Waals surface area (Å²) in [5.41, 5.74) is 0.894. The zero-order valence-corrected chi connectivity index (χ0v) is 12.7. The Labute approximate surface area is 121 Å². The molecular weight excluding hydrogens is 304 g/mol. The first-order chi connectivity index (χ1) is 9.24. The maximum Gasteiger partial charge on any atom is 0.180 e. The van der Waals surface area contributed by atoms with Crippen molar-refractivity contribution in [1.82, 2.24) is 14.4 Å². The number of hydrogen-bond acceptors (Lipinski definition) is 3. The van der Waals surface area contributed by atoms with Gasteiger partial charge >= 0.3 is 0 Å². The Morgan fingerprint density at radius 1 is 1.37 bits per heavy atom. The Hall–Kier alpha value is -1.10. The number of imidazole rings is 1. The van der Waals surface area contributed by atoms with Crippen LogP contribution < -0.4 is 5.32 Å². The second-order valence-corrected chi connectivity index (χ2v) is 6.21. The van der Waals surface area contributed by atoms with Crippen molar-refractivity contribution in [2.45, 2.75) is 45.1 Å². The number of aromatic nitrogens is 3. The van der Waals surface area contributed by atoms with Gasteiger partial charge < -0.3 is 9.72 Å². The fourth-order valence-corrected chi connectivity index (χ4v) is 3.36. The van der Waals surface area contributed by atoms with Crippen LogP contribution in [0.15, 0.2) is 23.2 Å². The highest BCUT2D eigenvalue weighted by molar-refractivity contribution is 9.10. The average molecular weight is 323 g/mol. The summed E-state index contributed by atoms with van der Waals surface area (Å²) in [7, 11) is 0. The number of nitrogens with one attached hydrogen (secondary N) is 1. The Morgan fingerprint density at radius 3 is 2.95 bits per heavy atom. The molecule has 1 saturated carbocycles. The largest absolute Gasteiger partial charge is 0.364 e. The third kappa shape index (κ3) is 2.76. The highest BCUT2D eigenvalue weighted by Crippen LogP contribution is 2.28. The number of anilines is 1. The predicted octanol–water partition coefficient (Wildman–Crippen LogP) is 3.87. The van der Waals surface area contributed by atoms with Gasteiger partial charge in [0.1, 0.15) is 4.60 Å². The summed E-state index contributed by atoms with van der Waals surface area (Å²) in [6, 6.07) is 0.447. The normalized spacial score (nSPS) is 18.6. The topological polar surface area (TPSA) is 42.2 Å². The van der Waals surface area contributed by atoms with E-state index in [4.69, 9.17) is 0 Å². The molecule has 2 aromatic rings. The van der Waals surface area contributed by atoms with Gasteiger partial charge in [0.05, 0.1) is 0 Å². The van der Waals surface area contributed by atoms with Gasteiger partial charge in [-0.2, -0.15) is 0 Å². The molecule has 0 radical (unpaired) electrons. The molecule has 0 spiro atoms. The van der Waals surface area contributed by atoms with Crippen LogP contribution in [0.4, 0.5) is 5.82 Å². The van der Waals surface area contributed by atoms with Crippen LogP contribution >= 0.6 is 15.9 Å². The maximum absolute atomic E-state index is 4.53. The van der Waals surface area contributed by atoms with Crippen molar-refractivity contribution in [2.75, 3.05) is 5.32 Å². The minimum Gasteiger partial charge on any atom is -0.364 e. The summed E-state index contributed by atoms with van der Waals surface area (Å²) >= 11 is 3.45. The molecule has 0 bridgehead atoms. The van der Waals surface area contributed by atoms with Crippen LogP contribution in [0.1, 0.15) is 39.0 Å². The van der Waals surface area contributed by atoms with E-state index in [1.807, 2.05) is 16.8 Å². The van der Waals surface area contributed by atoms with Crippen molar-refractivity contribution in [3.63, 3.8) is 0 Å². The number of halogens is 1. The van der Waals surface area contributed by atoms with Gasteiger partial charge in [-0.1, -0.05) is 19.3 Å². The van der Waals surface area contributed by atoms with Crippen molar-refractivity contribution < 1.29 is 0 Å². The van der Waals surface area contributed by atoms with Gasteiger partial charge in [0.15, 0.2) is 11.5 Å². The smallest absolute Gasteiger partial charge is 0.180 e. The molecule has 0 aliphatic heterocycles. The van der Waals surface area contributed by atoms with Gasteiger partial charge in [-0.05, 0) is 41.6 Å². The first-order valence-corrected chi connectivity index (χ1v) is 7.79. The molecule has 0 saturated heterocycles. The lowest BCUT2D eigenvalue weighted by molar-refractivity contribution is 0.328. The zero-order chi connectivity index (χ0) is 13.2. The van der Waals surface area contributed by atoms with E-state index in [-0.39, 0.29) is 0 Å². The summed E-state index contributed by atoms with van der Waals surface area (Å²) < 4.78 is 2.82. The van der Waals surface area contributed by atoms with Crippen molar-refractivity contribution in [2.24, 2.45) is 5.92 Å². The molecule has 2 heterocycles. The highest BCUT2D eigenvalue weighted by atomic mass is 79.9. The van der Waals surface area contributed by atoms with Gasteiger partial charge in [0.2, 0.25) is 0 Å². The number of hydrogen-bond donors (Lipinski definition) is 1. The molecule has 19 heavy (non-hydrogen) atoms. The minimum absolute atomic E-state index is 0.447. The van der Waals surface area contributed by atoms with Gasteiger partial charge in [-0.3, -0.25) is 0 Å². The quantitative estimate of drug-likeness (QED) is 0.932. The first-order valence-electron chi connectivity index (χ1n) is 7.00. The molecular formula is C14H19BrN4. The van der Waals surface area contributed by atoms with Crippen LogP contribution in [0.2, 0.25) is 0 Å². The van der Waals surface area contributed by atoms with Crippen LogP contribution in [-0.2, 0) is 0 Å². The second-order valence-electron chi connectivity index (χ2n) is 5.40. The Bertz CT molecular complexity index is 560. The summed E-state index contributed by atoms with van der Waals surface area (Å²) in [6.07, 6.45) is 12.4. The average Bonchev–Trinajstić information content (AvgIpc) is 2.88. The molecule has 0 aromatic carbocycles. The SMILES string of the molecule is CC(Nc1nc(Br)cn2ccnc12)C1CCCCC1. The predicted molar refractivity (Wildman–Crippen MR) is 80.3 cm³/mol. The van der Waals surface area contributed by atoms with E-state index in [1.54, 1.807) is 6.20 Å². The fraction of sp³-hybridized carbons (Fsp3) is 0.571. The van der Waals surface area contributed by atoms with E-state index < -0.39 is 0 Å². The Balaban J connectivity index is 1.82. The van der Waals surface area contributed by atoms with Crippen LogP contribution in [0.5, 0.6) is 0 Å². The van der Waals surface area contributed by atoms with Crippen molar-refractivity contribution in [1.29, 1.82) is 0 Å². The summed E-state index contributed by atoms with van der Waals surface area (Å²) in [6.45, 7) is 2.26. The monoisotopic (exact) mass is 322 g/mol. The van der Waals surface area contributed by atoms with Gasteiger partial charge in [0, 0.05) is 24.6 Å². The molecule has 1 fully saturated rings. The molecule has 0 amide bonds. The molecule has 1 aliphatic carbocycles. The van der Waals surface area contributed by atoms with E-state index in [9.17, 15) is 0 Å². The molecule has 102 valence electrons. The van der Waals surface area contributed by atoms with Gasteiger partial charge in [-0.15, -0.1) is 0 Å². The zero-order valence-electron chi connectivity index (χ0n) is 11.1. The molecule has 5 heteroatoms. The summed E-state index contributed by atoms with van der Waals surface area (Å²) in [5, 5.41) is 3.56. The molecule has 1 atom stereocenters. The van der Waals surface area contributed by atoms with E-state index in [2.05, 4.69) is 38.1 Å². The number of fused-ring (bicyclic) bond motifs is 1. The molecule has 4 nitrogen and oxygen atoms in total. The molecule has 1 N–H and O–H groups in total. The summed E-state index contributed by atoms with van der Waals surface area (Å²) in [4.78, 5) is 8.91. The Kier molecular flexibility index (Phi) is 3.73. The minimum atomic E-state index is 0.447. The lowest BCUT2D eigenvalue weighted by atomic mass is 9.84. The van der Waals surface area contributed by atoms with E-state index in [1.165, 1.54) is 32.1 Å². The lowest BCUT2D eigenvalue weighted by Gasteiger charge is -2.28. The third-order valence-electron chi connectivity index (χ3n) is 4.07. The third-order valence-corrected chi connectivity index (χ3v) is 4.45. The molecule has 1 unspecified atom stereocenters. The molecule has 3 rings (SSSR count). The highest BCUT2D eigenvalue weighted by Gasteiger charge is 2.21. The molecule has 2 aromatic heterocycles. The van der Waals surface area contributed by atoms with Gasteiger partial charge in [-0.25, -0.2) is 9.97 Å². The summed E-state index contributed by atoms with van der Waals surface area (Å²) in [5.74, 6) is 1.63. The van der Waals surface area contributed by atoms with Crippen LogP contribution in [0.25, 0.3) is 5.65 Å². The van der Waals surface area contributed by atoms with Crippen molar-refractivity contribution >= 4 is 27.4 Å². The second kappa shape index (κ2) is 5.49. The fourth-order valence-electron chi connectivity index (χ4n) is 2.97. The van der Waals surface area contributed by atoms with E-state index in [0.29, 0.717) is 6.04 Å². The van der Waals surface area contributed by atoms with E-state index >= 15 is 0 Å². The number of nitrogens with zero attached hydrogens (tertiary/aromatic N) is 3. The van der Waals surface area contributed by atoms with Crippen LogP contribution in [0, 0.1) is 5.92 Å².